The van der Waals surface area contributed by atoms with Gasteiger partial charge in [0.1, 0.15) is 0 Å². The SMILES string of the molecule is CCOc1cc(/C=N\NC(C)=O)c(Br)cc1OC. The Kier molecular flexibility index (Phi) is 5.64. The highest BCUT2D eigenvalue weighted by Gasteiger charge is 2.08. The molecule has 6 heteroatoms. The molecule has 0 heterocycles. The van der Waals surface area contributed by atoms with Crippen LogP contribution in [0.25, 0.3) is 0 Å². The second-order valence-electron chi connectivity index (χ2n) is 3.38. The van der Waals surface area contributed by atoms with Crippen molar-refractivity contribution in [3.8, 4) is 11.5 Å². The van der Waals surface area contributed by atoms with Gasteiger partial charge in [0.15, 0.2) is 11.5 Å². The Balaban J connectivity index is 3.01. The van der Waals surface area contributed by atoms with E-state index in [-0.39, 0.29) is 5.91 Å². The fourth-order valence-corrected chi connectivity index (χ4v) is 1.70. The van der Waals surface area contributed by atoms with Crippen molar-refractivity contribution >= 4 is 28.1 Å². The van der Waals surface area contributed by atoms with E-state index in [2.05, 4.69) is 26.5 Å². The van der Waals surface area contributed by atoms with Crippen molar-refractivity contribution in [1.82, 2.24) is 5.43 Å². The first-order valence-electron chi connectivity index (χ1n) is 5.38. The molecule has 18 heavy (non-hydrogen) atoms. The van der Waals surface area contributed by atoms with Crippen molar-refractivity contribution in [3.05, 3.63) is 22.2 Å². The maximum atomic E-state index is 10.7. The zero-order chi connectivity index (χ0) is 13.5. The number of carbonyl (C=O) groups is 1. The maximum Gasteiger partial charge on any atom is 0.236 e. The number of carbonyl (C=O) groups excluding carboxylic acids is 1. The van der Waals surface area contributed by atoms with Crippen LogP contribution in [0.3, 0.4) is 0 Å². The number of hydrogen-bond donors (Lipinski definition) is 1. The highest BCUT2D eigenvalue weighted by atomic mass is 79.9. The Morgan fingerprint density at radius 1 is 1.50 bits per heavy atom. The molecule has 0 atom stereocenters. The molecule has 1 N–H and O–H groups in total. The molecule has 0 saturated heterocycles. The van der Waals surface area contributed by atoms with Crippen LogP contribution < -0.4 is 14.9 Å². The van der Waals surface area contributed by atoms with E-state index in [1.54, 1.807) is 19.2 Å². The molecule has 1 amide bonds. The molecule has 0 unspecified atom stereocenters. The molecule has 0 bridgehead atoms. The predicted octanol–water partition coefficient (Wildman–Crippen LogP) is 2.33. The van der Waals surface area contributed by atoms with Crippen molar-refractivity contribution < 1.29 is 14.3 Å². The Morgan fingerprint density at radius 2 is 2.22 bits per heavy atom. The van der Waals surface area contributed by atoms with Crippen molar-refractivity contribution in [1.29, 1.82) is 0 Å². The van der Waals surface area contributed by atoms with Crippen molar-refractivity contribution in [2.24, 2.45) is 5.10 Å². The molecule has 0 radical (unpaired) electrons. The molecule has 5 nitrogen and oxygen atoms in total. The van der Waals surface area contributed by atoms with Crippen LogP contribution in [0, 0.1) is 0 Å². The molecule has 1 aromatic carbocycles. The molecule has 1 aromatic rings. The number of halogens is 1. The topological polar surface area (TPSA) is 59.9 Å². The Labute approximate surface area is 114 Å². The Hall–Kier alpha value is -1.56. The predicted molar refractivity (Wildman–Crippen MR) is 73.3 cm³/mol. The van der Waals surface area contributed by atoms with E-state index in [1.165, 1.54) is 13.1 Å². The third-order valence-electron chi connectivity index (χ3n) is 2.01. The summed E-state index contributed by atoms with van der Waals surface area (Å²) in [5.41, 5.74) is 3.12. The molecule has 0 spiro atoms. The standard InChI is InChI=1S/C12H15BrN2O3/c1-4-18-12-5-9(7-14-15-8(2)16)10(13)6-11(12)17-3/h5-7H,4H2,1-3H3,(H,15,16)/b14-7-. The van der Waals surface area contributed by atoms with E-state index in [0.717, 1.165) is 10.0 Å². The third-order valence-corrected chi connectivity index (χ3v) is 2.70. The first-order valence-corrected chi connectivity index (χ1v) is 6.17. The van der Waals surface area contributed by atoms with Crippen molar-refractivity contribution in [2.45, 2.75) is 13.8 Å². The van der Waals surface area contributed by atoms with Gasteiger partial charge in [0.2, 0.25) is 5.91 Å². The smallest absolute Gasteiger partial charge is 0.236 e. The second-order valence-corrected chi connectivity index (χ2v) is 4.24. The Morgan fingerprint density at radius 3 is 2.78 bits per heavy atom. The summed E-state index contributed by atoms with van der Waals surface area (Å²) in [7, 11) is 1.58. The van der Waals surface area contributed by atoms with Gasteiger partial charge in [0.25, 0.3) is 0 Å². The summed E-state index contributed by atoms with van der Waals surface area (Å²) in [6, 6.07) is 3.58. The number of ether oxygens (including phenoxy) is 2. The van der Waals surface area contributed by atoms with Crippen LogP contribution in [-0.2, 0) is 4.79 Å². The first kappa shape index (κ1) is 14.5. The highest BCUT2D eigenvalue weighted by molar-refractivity contribution is 9.10. The van der Waals surface area contributed by atoms with Gasteiger partial charge in [-0.15, -0.1) is 0 Å². The average molecular weight is 315 g/mol. The maximum absolute atomic E-state index is 10.7. The number of nitrogens with zero attached hydrogens (tertiary/aromatic N) is 1. The summed E-state index contributed by atoms with van der Waals surface area (Å²) in [6.07, 6.45) is 1.54. The average Bonchev–Trinajstić information content (AvgIpc) is 2.32. The van der Waals surface area contributed by atoms with Gasteiger partial charge in [0.05, 0.1) is 19.9 Å². The van der Waals surface area contributed by atoms with E-state index < -0.39 is 0 Å². The summed E-state index contributed by atoms with van der Waals surface area (Å²) in [5.74, 6) is 1.05. The van der Waals surface area contributed by atoms with Gasteiger partial charge in [-0.3, -0.25) is 4.79 Å². The molecular weight excluding hydrogens is 300 g/mol. The van der Waals surface area contributed by atoms with E-state index >= 15 is 0 Å². The van der Waals surface area contributed by atoms with Crippen LogP contribution in [-0.4, -0.2) is 25.8 Å². The number of methoxy groups -OCH3 is 1. The van der Waals surface area contributed by atoms with E-state index in [4.69, 9.17) is 9.47 Å². The lowest BCUT2D eigenvalue weighted by atomic mass is 10.2. The Bertz CT molecular complexity index is 461. The molecule has 1 rings (SSSR count). The van der Waals surface area contributed by atoms with E-state index in [9.17, 15) is 4.79 Å². The third kappa shape index (κ3) is 4.03. The molecule has 0 saturated carbocycles. The number of hydrazone groups is 1. The molecular formula is C12H15BrN2O3. The van der Waals surface area contributed by atoms with Crippen LogP contribution in [0.4, 0.5) is 0 Å². The zero-order valence-electron chi connectivity index (χ0n) is 10.5. The molecule has 0 aromatic heterocycles. The van der Waals surface area contributed by atoms with Gasteiger partial charge >= 0.3 is 0 Å². The van der Waals surface area contributed by atoms with Crippen LogP contribution >= 0.6 is 15.9 Å². The number of nitrogens with one attached hydrogen (secondary N) is 1. The van der Waals surface area contributed by atoms with Gasteiger partial charge in [-0.2, -0.15) is 5.10 Å². The minimum Gasteiger partial charge on any atom is -0.493 e. The number of amides is 1. The number of benzene rings is 1. The normalized spacial score (nSPS) is 10.4. The molecule has 0 aliphatic carbocycles. The lowest BCUT2D eigenvalue weighted by Crippen LogP contribution is -2.12. The van der Waals surface area contributed by atoms with Crippen molar-refractivity contribution in [2.75, 3.05) is 13.7 Å². The largest absolute Gasteiger partial charge is 0.493 e. The number of hydrogen-bond acceptors (Lipinski definition) is 4. The van der Waals surface area contributed by atoms with Crippen molar-refractivity contribution in [3.63, 3.8) is 0 Å². The lowest BCUT2D eigenvalue weighted by Gasteiger charge is -2.11. The molecule has 98 valence electrons. The summed E-state index contributed by atoms with van der Waals surface area (Å²) < 4.78 is 11.5. The van der Waals surface area contributed by atoms with Gasteiger partial charge in [0, 0.05) is 17.0 Å². The lowest BCUT2D eigenvalue weighted by molar-refractivity contribution is -0.118. The minimum atomic E-state index is -0.221. The van der Waals surface area contributed by atoms with E-state index in [0.29, 0.717) is 18.1 Å². The molecule has 0 aliphatic rings. The van der Waals surface area contributed by atoms with Crippen LogP contribution in [0.15, 0.2) is 21.7 Å². The summed E-state index contributed by atoms with van der Waals surface area (Å²) >= 11 is 3.40. The van der Waals surface area contributed by atoms with Gasteiger partial charge in [-0.05, 0) is 35.0 Å². The zero-order valence-corrected chi connectivity index (χ0v) is 12.1. The second kappa shape index (κ2) is 7.00. The van der Waals surface area contributed by atoms with Gasteiger partial charge < -0.3 is 9.47 Å². The quantitative estimate of drug-likeness (QED) is 0.670. The van der Waals surface area contributed by atoms with E-state index in [1.807, 2.05) is 6.92 Å². The summed E-state index contributed by atoms with van der Waals surface area (Å²) in [6.45, 7) is 3.83. The monoisotopic (exact) mass is 314 g/mol. The molecule has 0 aliphatic heterocycles. The summed E-state index contributed by atoms with van der Waals surface area (Å²) in [5, 5.41) is 3.81. The van der Waals surface area contributed by atoms with Crippen LogP contribution in [0.5, 0.6) is 11.5 Å². The van der Waals surface area contributed by atoms with Gasteiger partial charge in [-0.1, -0.05) is 0 Å². The number of rotatable bonds is 5. The van der Waals surface area contributed by atoms with Crippen LogP contribution in [0.1, 0.15) is 19.4 Å². The molecule has 0 fully saturated rings. The summed E-state index contributed by atoms with van der Waals surface area (Å²) in [4.78, 5) is 10.7. The van der Waals surface area contributed by atoms with Crippen LogP contribution in [0.2, 0.25) is 0 Å². The fraction of sp³-hybridized carbons (Fsp3) is 0.333. The fourth-order valence-electron chi connectivity index (χ4n) is 1.27. The van der Waals surface area contributed by atoms with Gasteiger partial charge in [-0.25, -0.2) is 5.43 Å². The minimum absolute atomic E-state index is 0.221. The first-order chi connectivity index (χ1) is 8.58. The highest BCUT2D eigenvalue weighted by Crippen LogP contribution is 2.32.